The number of carboxylic acid groups (broad SMARTS) is 1. The van der Waals surface area contributed by atoms with Crippen LogP contribution in [0.25, 0.3) is 0 Å². The second-order valence-corrected chi connectivity index (χ2v) is 2.87. The van der Waals surface area contributed by atoms with E-state index in [4.69, 9.17) is 5.11 Å². The van der Waals surface area contributed by atoms with Crippen molar-refractivity contribution in [3.63, 3.8) is 0 Å². The van der Waals surface area contributed by atoms with Gasteiger partial charge in [-0.2, -0.15) is 0 Å². The van der Waals surface area contributed by atoms with Gasteiger partial charge in [-0.15, -0.1) is 11.7 Å². The Kier molecular flexibility index (Phi) is 2.78. The fraction of sp³-hybridized carbons (Fsp3) is 0. The van der Waals surface area contributed by atoms with E-state index in [-0.39, 0.29) is 5.56 Å². The maximum absolute atomic E-state index is 10.5. The Balaban J connectivity index is 3.12. The van der Waals surface area contributed by atoms with Crippen molar-refractivity contribution in [2.75, 3.05) is 0 Å². The minimum Gasteiger partial charge on any atom is -0.478 e. The van der Waals surface area contributed by atoms with E-state index in [1.54, 1.807) is 6.07 Å². The summed E-state index contributed by atoms with van der Waals surface area (Å²) in [5.41, 5.74) is 0.188. The van der Waals surface area contributed by atoms with Crippen LogP contribution >= 0.6 is 22.5 Å². The largest absolute Gasteiger partial charge is 0.478 e. The first-order valence-electron chi connectivity index (χ1n) is 2.75. The van der Waals surface area contributed by atoms with Crippen LogP contribution in [0.1, 0.15) is 10.4 Å². The molecular formula is C6H5NO2S2. The molecule has 0 atom stereocenters. The van der Waals surface area contributed by atoms with Gasteiger partial charge in [0.05, 0.1) is 5.56 Å². The summed E-state index contributed by atoms with van der Waals surface area (Å²) in [6.45, 7) is 0. The zero-order chi connectivity index (χ0) is 8.27. The molecule has 1 aromatic rings. The maximum Gasteiger partial charge on any atom is 0.338 e. The molecule has 0 radical (unpaired) electrons. The fourth-order valence-corrected chi connectivity index (χ4v) is 1.42. The monoisotopic (exact) mass is 187 g/mol. The molecular weight excluding hydrogens is 182 g/mol. The quantitative estimate of drug-likeness (QED) is 0.546. The molecule has 1 heterocycles. The highest BCUT2D eigenvalue weighted by atomic mass is 33.1. The van der Waals surface area contributed by atoms with Gasteiger partial charge in [0.25, 0.3) is 0 Å². The number of nitrogens with zero attached hydrogens (tertiary/aromatic N) is 1. The first-order valence-corrected chi connectivity index (χ1v) is 4.62. The normalized spacial score (nSPS) is 9.55. The first kappa shape index (κ1) is 8.42. The third-order valence-electron chi connectivity index (χ3n) is 1.09. The molecule has 0 fully saturated rings. The van der Waals surface area contributed by atoms with Gasteiger partial charge in [-0.05, 0) is 22.9 Å². The number of thiol groups is 1. The van der Waals surface area contributed by atoms with E-state index in [9.17, 15) is 4.79 Å². The number of pyridine rings is 1. The zero-order valence-electron chi connectivity index (χ0n) is 5.39. The van der Waals surface area contributed by atoms with Crippen molar-refractivity contribution >= 4 is 28.4 Å². The van der Waals surface area contributed by atoms with Crippen LogP contribution in [-0.2, 0) is 0 Å². The van der Waals surface area contributed by atoms with Crippen LogP contribution in [0, 0.1) is 0 Å². The van der Waals surface area contributed by atoms with Crippen molar-refractivity contribution in [1.29, 1.82) is 0 Å². The highest BCUT2D eigenvalue weighted by molar-refractivity contribution is 8.68. The van der Waals surface area contributed by atoms with Gasteiger partial charge in [0.1, 0.15) is 5.03 Å². The Hall–Kier alpha value is -0.680. The van der Waals surface area contributed by atoms with E-state index >= 15 is 0 Å². The summed E-state index contributed by atoms with van der Waals surface area (Å²) in [5.74, 6) is -0.977. The van der Waals surface area contributed by atoms with E-state index < -0.39 is 5.97 Å². The van der Waals surface area contributed by atoms with Crippen LogP contribution in [0.3, 0.4) is 0 Å². The lowest BCUT2D eigenvalue weighted by atomic mass is 10.3. The minimum absolute atomic E-state index is 0.188. The third kappa shape index (κ3) is 1.87. The van der Waals surface area contributed by atoms with Crippen molar-refractivity contribution in [3.05, 3.63) is 23.9 Å². The lowest BCUT2D eigenvalue weighted by Crippen LogP contribution is -1.98. The molecule has 0 unspecified atom stereocenters. The highest BCUT2D eigenvalue weighted by Crippen LogP contribution is 2.22. The second-order valence-electron chi connectivity index (χ2n) is 1.75. The SMILES string of the molecule is O=C(O)c1cccnc1SS. The predicted octanol–water partition coefficient (Wildman–Crippen LogP) is 1.72. The number of carbonyl (C=O) groups is 1. The molecule has 11 heavy (non-hydrogen) atoms. The third-order valence-corrected chi connectivity index (χ3v) is 2.11. The molecule has 58 valence electrons. The lowest BCUT2D eigenvalue weighted by Gasteiger charge is -1.97. The summed E-state index contributed by atoms with van der Waals surface area (Å²) in [6.07, 6.45) is 1.53. The van der Waals surface area contributed by atoms with E-state index in [2.05, 4.69) is 16.6 Å². The summed E-state index contributed by atoms with van der Waals surface area (Å²) in [7, 11) is 1.03. The number of hydrogen-bond acceptors (Lipinski definition) is 4. The van der Waals surface area contributed by atoms with Crippen LogP contribution in [0.4, 0.5) is 0 Å². The Morgan fingerprint density at radius 2 is 2.45 bits per heavy atom. The second kappa shape index (κ2) is 3.64. The van der Waals surface area contributed by atoms with Gasteiger partial charge in [-0.3, -0.25) is 0 Å². The Labute approximate surface area is 72.6 Å². The van der Waals surface area contributed by atoms with Crippen LogP contribution in [0.15, 0.2) is 23.4 Å². The van der Waals surface area contributed by atoms with Gasteiger partial charge in [0, 0.05) is 6.20 Å². The molecule has 0 aliphatic carbocycles. The number of carboxylic acids is 1. The highest BCUT2D eigenvalue weighted by Gasteiger charge is 2.08. The Morgan fingerprint density at radius 1 is 1.73 bits per heavy atom. The van der Waals surface area contributed by atoms with Gasteiger partial charge in [0.2, 0.25) is 0 Å². The average molecular weight is 187 g/mol. The van der Waals surface area contributed by atoms with Crippen LogP contribution in [0.5, 0.6) is 0 Å². The lowest BCUT2D eigenvalue weighted by molar-refractivity contribution is 0.0692. The molecule has 0 amide bonds. The molecule has 1 aromatic heterocycles. The molecule has 3 nitrogen and oxygen atoms in total. The van der Waals surface area contributed by atoms with Gasteiger partial charge in [-0.25, -0.2) is 9.78 Å². The van der Waals surface area contributed by atoms with E-state index in [0.717, 1.165) is 10.8 Å². The van der Waals surface area contributed by atoms with Gasteiger partial charge in [-0.1, -0.05) is 0 Å². The Morgan fingerprint density at radius 3 is 2.91 bits per heavy atom. The molecule has 0 saturated heterocycles. The standard InChI is InChI=1S/C6H5NO2S2/c8-6(9)4-2-1-3-7-5(4)11-10/h1-3,10H,(H,8,9). The summed E-state index contributed by atoms with van der Waals surface area (Å²) in [5, 5.41) is 9.03. The smallest absolute Gasteiger partial charge is 0.338 e. The van der Waals surface area contributed by atoms with E-state index in [0.29, 0.717) is 5.03 Å². The molecule has 0 spiro atoms. The zero-order valence-corrected chi connectivity index (χ0v) is 7.10. The number of rotatable bonds is 2. The minimum atomic E-state index is -0.977. The first-order chi connectivity index (χ1) is 5.25. The van der Waals surface area contributed by atoms with Crippen LogP contribution in [-0.4, -0.2) is 16.1 Å². The summed E-state index contributed by atoms with van der Waals surface area (Å²) < 4.78 is 0. The molecule has 0 saturated carbocycles. The Bertz CT molecular complexity index is 277. The number of aromatic carboxylic acids is 1. The molecule has 5 heteroatoms. The van der Waals surface area contributed by atoms with Crippen molar-refractivity contribution in [1.82, 2.24) is 4.98 Å². The summed E-state index contributed by atoms with van der Waals surface area (Å²) in [4.78, 5) is 14.3. The predicted molar refractivity (Wildman–Crippen MR) is 46.0 cm³/mol. The number of aromatic nitrogens is 1. The summed E-state index contributed by atoms with van der Waals surface area (Å²) in [6, 6.07) is 3.07. The number of hydrogen-bond donors (Lipinski definition) is 2. The summed E-state index contributed by atoms with van der Waals surface area (Å²) >= 11 is 3.87. The van der Waals surface area contributed by atoms with Gasteiger partial charge >= 0.3 is 5.97 Å². The van der Waals surface area contributed by atoms with Gasteiger partial charge < -0.3 is 5.11 Å². The average Bonchev–Trinajstić information content (AvgIpc) is 2.04. The van der Waals surface area contributed by atoms with Crippen molar-refractivity contribution in [3.8, 4) is 0 Å². The fourth-order valence-electron chi connectivity index (χ4n) is 0.626. The van der Waals surface area contributed by atoms with Crippen LogP contribution in [0.2, 0.25) is 0 Å². The molecule has 0 aromatic carbocycles. The maximum atomic E-state index is 10.5. The van der Waals surface area contributed by atoms with Crippen molar-refractivity contribution in [2.45, 2.75) is 5.03 Å². The molecule has 0 aliphatic rings. The van der Waals surface area contributed by atoms with Crippen molar-refractivity contribution in [2.24, 2.45) is 0 Å². The molecule has 1 rings (SSSR count). The molecule has 0 bridgehead atoms. The van der Waals surface area contributed by atoms with Crippen molar-refractivity contribution < 1.29 is 9.90 Å². The van der Waals surface area contributed by atoms with E-state index in [1.807, 2.05) is 0 Å². The molecule has 0 aliphatic heterocycles. The topological polar surface area (TPSA) is 50.2 Å². The molecule has 1 N–H and O–H groups in total. The van der Waals surface area contributed by atoms with Gasteiger partial charge in [0.15, 0.2) is 0 Å². The van der Waals surface area contributed by atoms with Crippen LogP contribution < -0.4 is 0 Å². The van der Waals surface area contributed by atoms with E-state index in [1.165, 1.54) is 12.3 Å².